The number of hydrogen-bond acceptors (Lipinski definition) is 8. The van der Waals surface area contributed by atoms with Crippen molar-refractivity contribution < 1.29 is 48.5 Å². The number of carboxylic acid groups (broad SMARTS) is 2. The zero-order valence-corrected chi connectivity index (χ0v) is 27.0. The highest BCUT2D eigenvalue weighted by molar-refractivity contribution is 5.90. The van der Waals surface area contributed by atoms with Crippen molar-refractivity contribution >= 4 is 35.9 Å². The summed E-state index contributed by atoms with van der Waals surface area (Å²) in [6.45, 7) is 2.52. The molecule has 5 N–H and O–H groups in total. The number of unbranched alkanes of at least 4 members (excludes halogenated alkanes) is 2. The van der Waals surface area contributed by atoms with Gasteiger partial charge in [0.25, 0.3) is 0 Å². The summed E-state index contributed by atoms with van der Waals surface area (Å²) in [6.07, 6.45) is 4.49. The molecule has 1 aliphatic heterocycles. The molecule has 1 aromatic rings. The average molecular weight is 661 g/mol. The Morgan fingerprint density at radius 2 is 1.64 bits per heavy atom. The fourth-order valence-electron chi connectivity index (χ4n) is 6.17. The van der Waals surface area contributed by atoms with E-state index in [1.807, 2.05) is 13.0 Å². The van der Waals surface area contributed by atoms with Gasteiger partial charge in [-0.05, 0) is 62.8 Å². The lowest BCUT2D eigenvalue weighted by molar-refractivity contribution is -0.150. The minimum Gasteiger partial charge on any atom is -0.480 e. The molecule has 1 saturated carbocycles. The maximum Gasteiger partial charge on any atom is 0.408 e. The first-order chi connectivity index (χ1) is 22.6. The van der Waals surface area contributed by atoms with Gasteiger partial charge in [-0.15, -0.1) is 0 Å². The van der Waals surface area contributed by atoms with Gasteiger partial charge in [-0.25, -0.2) is 19.2 Å². The molecule has 0 unspecified atom stereocenters. The standard InChI is InChI=1S/C33H48N4O10/c1-2-3-19-46-32(44)34-18-10-9-14-24(36-33(45)47-21-22-11-5-4-6-12-22)29(39)35-25(30(40)41)16-17-28(38)37-26-15-8-7-13-23(26)20-27(37)31(42)43/h4-6,11-12,23-27H,2-3,7-10,13-21H2,1H3,(H,34,44)(H,35,39)(H,36,45)(H,40,41)(H,42,43)/t23-,24-,25+,26-,27-/m0/s1. The van der Waals surface area contributed by atoms with E-state index in [1.165, 1.54) is 4.90 Å². The normalized spacial score (nSPS) is 19.9. The molecule has 260 valence electrons. The van der Waals surface area contributed by atoms with Crippen LogP contribution in [0.15, 0.2) is 30.3 Å². The Kier molecular flexibility index (Phi) is 15.3. The summed E-state index contributed by atoms with van der Waals surface area (Å²) in [6, 6.07) is 5.19. The number of nitrogens with one attached hydrogen (secondary N) is 3. The number of fused-ring (bicyclic) bond motifs is 1. The van der Waals surface area contributed by atoms with Crippen LogP contribution >= 0.6 is 0 Å². The van der Waals surface area contributed by atoms with E-state index < -0.39 is 54.1 Å². The monoisotopic (exact) mass is 660 g/mol. The van der Waals surface area contributed by atoms with Gasteiger partial charge in [0.15, 0.2) is 0 Å². The fraction of sp³-hybridized carbons (Fsp3) is 0.636. The van der Waals surface area contributed by atoms with E-state index in [0.717, 1.165) is 37.7 Å². The molecule has 2 aliphatic rings. The Balaban J connectivity index is 1.58. The molecule has 1 saturated heterocycles. The molecule has 1 heterocycles. The van der Waals surface area contributed by atoms with Crippen molar-refractivity contribution in [2.45, 2.75) is 115 Å². The molecule has 14 nitrogen and oxygen atoms in total. The Morgan fingerprint density at radius 1 is 0.894 bits per heavy atom. The molecule has 47 heavy (non-hydrogen) atoms. The molecule has 1 aromatic carbocycles. The number of likely N-dealkylation sites (tertiary alicyclic amines) is 1. The van der Waals surface area contributed by atoms with E-state index in [1.54, 1.807) is 24.3 Å². The molecule has 1 aliphatic carbocycles. The van der Waals surface area contributed by atoms with Crippen LogP contribution in [0.2, 0.25) is 0 Å². The van der Waals surface area contributed by atoms with Gasteiger partial charge in [-0.1, -0.05) is 56.5 Å². The third-order valence-electron chi connectivity index (χ3n) is 8.66. The Labute approximate surface area is 274 Å². The van der Waals surface area contributed by atoms with E-state index in [0.29, 0.717) is 32.3 Å². The molecule has 0 radical (unpaired) electrons. The van der Waals surface area contributed by atoms with E-state index >= 15 is 0 Å². The van der Waals surface area contributed by atoms with Crippen LogP contribution < -0.4 is 16.0 Å². The number of benzene rings is 1. The predicted molar refractivity (Wildman–Crippen MR) is 169 cm³/mol. The Morgan fingerprint density at radius 3 is 2.34 bits per heavy atom. The highest BCUT2D eigenvalue weighted by Crippen LogP contribution is 2.40. The van der Waals surface area contributed by atoms with E-state index in [4.69, 9.17) is 9.47 Å². The van der Waals surface area contributed by atoms with Crippen LogP contribution in [0.3, 0.4) is 0 Å². The maximum atomic E-state index is 13.3. The first-order valence-electron chi connectivity index (χ1n) is 16.6. The summed E-state index contributed by atoms with van der Waals surface area (Å²) in [5.41, 5.74) is 0.735. The SMILES string of the molecule is CCCCOC(=O)NCCCC[C@H](NC(=O)OCc1ccccc1)C(=O)N[C@H](CCC(=O)N1[C@H](C(=O)O)C[C@@H]2CCCC[C@@H]21)C(=O)O. The summed E-state index contributed by atoms with van der Waals surface area (Å²) in [4.78, 5) is 76.4. The third kappa shape index (κ3) is 12.1. The van der Waals surface area contributed by atoms with E-state index in [9.17, 15) is 39.0 Å². The largest absolute Gasteiger partial charge is 0.480 e. The van der Waals surface area contributed by atoms with Crippen molar-refractivity contribution in [3.8, 4) is 0 Å². The topological polar surface area (TPSA) is 201 Å². The quantitative estimate of drug-likeness (QED) is 0.145. The number of nitrogens with zero attached hydrogens (tertiary/aromatic N) is 1. The molecule has 0 bridgehead atoms. The van der Waals surface area contributed by atoms with Crippen LogP contribution in [0.1, 0.15) is 89.5 Å². The number of hydrogen-bond donors (Lipinski definition) is 5. The second kappa shape index (κ2) is 19.3. The summed E-state index contributed by atoms with van der Waals surface area (Å²) in [5, 5.41) is 27.2. The number of ether oxygens (including phenoxy) is 2. The molecule has 14 heteroatoms. The smallest absolute Gasteiger partial charge is 0.408 e. The van der Waals surface area contributed by atoms with Crippen molar-refractivity contribution in [1.29, 1.82) is 0 Å². The van der Waals surface area contributed by atoms with E-state index in [-0.39, 0.29) is 44.4 Å². The number of rotatable bonds is 18. The van der Waals surface area contributed by atoms with Gasteiger partial charge in [0.05, 0.1) is 6.61 Å². The maximum absolute atomic E-state index is 13.3. The van der Waals surface area contributed by atoms with Crippen LogP contribution in [0.5, 0.6) is 0 Å². The third-order valence-corrected chi connectivity index (χ3v) is 8.66. The van der Waals surface area contributed by atoms with Gasteiger partial charge in [0.2, 0.25) is 11.8 Å². The first-order valence-corrected chi connectivity index (χ1v) is 16.6. The van der Waals surface area contributed by atoms with Crippen LogP contribution in [-0.4, -0.2) is 88.4 Å². The van der Waals surface area contributed by atoms with Crippen LogP contribution in [-0.2, 0) is 35.3 Å². The molecule has 5 atom stereocenters. The Bertz CT molecular complexity index is 1210. The van der Waals surface area contributed by atoms with Crippen LogP contribution in [0, 0.1) is 5.92 Å². The first kappa shape index (κ1) is 37.1. The van der Waals surface area contributed by atoms with Crippen LogP contribution in [0.25, 0.3) is 0 Å². The number of carbonyl (C=O) groups is 6. The van der Waals surface area contributed by atoms with Crippen molar-refractivity contribution in [3.63, 3.8) is 0 Å². The number of alkyl carbamates (subject to hydrolysis) is 2. The molecule has 0 spiro atoms. The van der Waals surface area contributed by atoms with Gasteiger partial charge in [0, 0.05) is 19.0 Å². The van der Waals surface area contributed by atoms with Crippen molar-refractivity contribution in [1.82, 2.24) is 20.9 Å². The molecule has 0 aromatic heterocycles. The predicted octanol–water partition coefficient (Wildman–Crippen LogP) is 3.57. The van der Waals surface area contributed by atoms with Gasteiger partial charge in [-0.2, -0.15) is 0 Å². The van der Waals surface area contributed by atoms with E-state index in [2.05, 4.69) is 16.0 Å². The molecule has 4 amide bonds. The van der Waals surface area contributed by atoms with Crippen LogP contribution in [0.4, 0.5) is 9.59 Å². The average Bonchev–Trinajstić information content (AvgIpc) is 3.45. The molecule has 2 fully saturated rings. The second-order valence-corrected chi connectivity index (χ2v) is 12.1. The summed E-state index contributed by atoms with van der Waals surface area (Å²) >= 11 is 0. The summed E-state index contributed by atoms with van der Waals surface area (Å²) in [7, 11) is 0. The summed E-state index contributed by atoms with van der Waals surface area (Å²) < 4.78 is 10.3. The van der Waals surface area contributed by atoms with Crippen molar-refractivity contribution in [2.24, 2.45) is 5.92 Å². The lowest BCUT2D eigenvalue weighted by Crippen LogP contribution is -2.52. The highest BCUT2D eigenvalue weighted by Gasteiger charge is 2.47. The zero-order chi connectivity index (χ0) is 34.2. The zero-order valence-electron chi connectivity index (χ0n) is 27.0. The minimum atomic E-state index is -1.45. The second-order valence-electron chi connectivity index (χ2n) is 12.1. The molecular formula is C33H48N4O10. The van der Waals surface area contributed by atoms with Gasteiger partial charge < -0.3 is 40.5 Å². The summed E-state index contributed by atoms with van der Waals surface area (Å²) in [5.74, 6) is -3.56. The van der Waals surface area contributed by atoms with Crippen molar-refractivity contribution in [3.05, 3.63) is 35.9 Å². The van der Waals surface area contributed by atoms with Gasteiger partial charge in [0.1, 0.15) is 24.7 Å². The lowest BCUT2D eigenvalue weighted by Gasteiger charge is -2.33. The van der Waals surface area contributed by atoms with Crippen molar-refractivity contribution in [2.75, 3.05) is 13.2 Å². The van der Waals surface area contributed by atoms with Gasteiger partial charge >= 0.3 is 24.1 Å². The Hall–Kier alpha value is -4.36. The minimum absolute atomic E-state index is 0.0410. The number of carbonyl (C=O) groups excluding carboxylic acids is 4. The van der Waals surface area contributed by atoms with Gasteiger partial charge in [-0.3, -0.25) is 9.59 Å². The number of amides is 4. The lowest BCUT2D eigenvalue weighted by atomic mass is 9.84. The molecule has 3 rings (SSSR count). The fourth-order valence-corrected chi connectivity index (χ4v) is 6.17. The highest BCUT2D eigenvalue weighted by atomic mass is 16.6. The number of aliphatic carboxylic acids is 2. The molecular weight excluding hydrogens is 612 g/mol. The number of carboxylic acids is 2.